The summed E-state index contributed by atoms with van der Waals surface area (Å²) in [5.41, 5.74) is 7.58. The standard InChI is InChI=1S/C23H36N4O/c1-17-7-3-4-12-27(17)23(25-16-20-9-5-8-19(13-20)15-24)26-22-11-6-10-21(14-22)18(2)28/h6,10-11,14,17,19-20H,3-5,7-9,12-13,15-16,24H2,1-2H3,(H,25,26). The predicted molar refractivity (Wildman–Crippen MR) is 117 cm³/mol. The minimum atomic E-state index is 0.0866. The maximum atomic E-state index is 11.7. The quantitative estimate of drug-likeness (QED) is 0.451. The fourth-order valence-corrected chi connectivity index (χ4v) is 4.56. The fraction of sp³-hybridized carbons (Fsp3) is 0.652. The van der Waals surface area contributed by atoms with Crippen LogP contribution in [-0.2, 0) is 0 Å². The smallest absolute Gasteiger partial charge is 0.198 e. The van der Waals surface area contributed by atoms with Crippen LogP contribution in [-0.4, -0.2) is 42.3 Å². The van der Waals surface area contributed by atoms with E-state index in [1.807, 2.05) is 24.3 Å². The Morgan fingerprint density at radius 1 is 1.21 bits per heavy atom. The molecule has 3 rings (SSSR count). The number of guanidine groups is 1. The Kier molecular flexibility index (Phi) is 7.49. The van der Waals surface area contributed by atoms with Crippen molar-refractivity contribution < 1.29 is 4.79 Å². The maximum Gasteiger partial charge on any atom is 0.198 e. The topological polar surface area (TPSA) is 70.7 Å². The molecular formula is C23H36N4O. The molecule has 1 aromatic carbocycles. The summed E-state index contributed by atoms with van der Waals surface area (Å²) < 4.78 is 0. The van der Waals surface area contributed by atoms with E-state index in [4.69, 9.17) is 10.7 Å². The lowest BCUT2D eigenvalue weighted by Crippen LogP contribution is -2.45. The van der Waals surface area contributed by atoms with E-state index in [1.165, 1.54) is 44.9 Å². The van der Waals surface area contributed by atoms with Gasteiger partial charge in [0.1, 0.15) is 0 Å². The lowest BCUT2D eigenvalue weighted by molar-refractivity contribution is 0.101. The van der Waals surface area contributed by atoms with Crippen LogP contribution in [0.1, 0.15) is 69.2 Å². The first kappa shape index (κ1) is 20.8. The summed E-state index contributed by atoms with van der Waals surface area (Å²) in [7, 11) is 0. The van der Waals surface area contributed by atoms with Gasteiger partial charge in [-0.05, 0) is 82.9 Å². The molecule has 1 aliphatic heterocycles. The number of benzene rings is 1. The van der Waals surface area contributed by atoms with E-state index in [2.05, 4.69) is 17.1 Å². The average Bonchev–Trinajstić information content (AvgIpc) is 2.72. The van der Waals surface area contributed by atoms with Crippen LogP contribution in [0.3, 0.4) is 0 Å². The highest BCUT2D eigenvalue weighted by Gasteiger charge is 2.24. The average molecular weight is 385 g/mol. The highest BCUT2D eigenvalue weighted by Crippen LogP contribution is 2.29. The molecule has 1 saturated heterocycles. The van der Waals surface area contributed by atoms with Gasteiger partial charge < -0.3 is 16.0 Å². The van der Waals surface area contributed by atoms with Crippen LogP contribution in [0, 0.1) is 11.8 Å². The second-order valence-corrected chi connectivity index (χ2v) is 8.60. The van der Waals surface area contributed by atoms with Crippen molar-refractivity contribution >= 4 is 17.4 Å². The molecule has 0 aromatic heterocycles. The van der Waals surface area contributed by atoms with Crippen molar-refractivity contribution in [2.24, 2.45) is 22.6 Å². The van der Waals surface area contributed by atoms with Crippen molar-refractivity contribution in [1.82, 2.24) is 4.90 Å². The molecule has 1 aromatic rings. The zero-order valence-electron chi connectivity index (χ0n) is 17.5. The van der Waals surface area contributed by atoms with Crippen molar-refractivity contribution in [3.8, 4) is 0 Å². The molecule has 0 bridgehead atoms. The third-order valence-electron chi connectivity index (χ3n) is 6.32. The fourth-order valence-electron chi connectivity index (χ4n) is 4.56. The van der Waals surface area contributed by atoms with E-state index >= 15 is 0 Å². The molecule has 2 aliphatic rings. The maximum absolute atomic E-state index is 11.7. The van der Waals surface area contributed by atoms with E-state index in [-0.39, 0.29) is 5.78 Å². The van der Waals surface area contributed by atoms with Gasteiger partial charge in [0.05, 0.1) is 0 Å². The highest BCUT2D eigenvalue weighted by molar-refractivity contribution is 5.98. The number of piperidine rings is 1. The van der Waals surface area contributed by atoms with Gasteiger partial charge in [0.2, 0.25) is 0 Å². The van der Waals surface area contributed by atoms with Crippen LogP contribution in [0.5, 0.6) is 0 Å². The van der Waals surface area contributed by atoms with E-state index < -0.39 is 0 Å². The number of rotatable bonds is 5. The Bertz CT molecular complexity index is 687. The molecule has 0 spiro atoms. The number of hydrogen-bond donors (Lipinski definition) is 2. The molecule has 1 saturated carbocycles. The van der Waals surface area contributed by atoms with Gasteiger partial charge in [-0.3, -0.25) is 9.79 Å². The molecule has 3 atom stereocenters. The van der Waals surface area contributed by atoms with Crippen LogP contribution in [0.2, 0.25) is 0 Å². The lowest BCUT2D eigenvalue weighted by Gasteiger charge is -2.36. The summed E-state index contributed by atoms with van der Waals surface area (Å²) in [6.45, 7) is 6.58. The second kappa shape index (κ2) is 10.1. The van der Waals surface area contributed by atoms with Crippen molar-refractivity contribution in [3.63, 3.8) is 0 Å². The predicted octanol–water partition coefficient (Wildman–Crippen LogP) is 4.30. The summed E-state index contributed by atoms with van der Waals surface area (Å²) >= 11 is 0. The third-order valence-corrected chi connectivity index (χ3v) is 6.32. The van der Waals surface area contributed by atoms with Crippen molar-refractivity contribution in [2.45, 2.75) is 64.8 Å². The number of aliphatic imine (C=N–C) groups is 1. The van der Waals surface area contributed by atoms with E-state index in [0.29, 0.717) is 17.9 Å². The number of ketones is 1. The molecule has 3 unspecified atom stereocenters. The van der Waals surface area contributed by atoms with E-state index in [1.54, 1.807) is 6.92 Å². The Hall–Kier alpha value is -1.88. The second-order valence-electron chi connectivity index (χ2n) is 8.60. The molecule has 5 nitrogen and oxygen atoms in total. The molecule has 0 amide bonds. The number of hydrogen-bond acceptors (Lipinski definition) is 3. The molecule has 1 heterocycles. The molecule has 154 valence electrons. The monoisotopic (exact) mass is 384 g/mol. The first-order valence-electron chi connectivity index (χ1n) is 11.0. The summed E-state index contributed by atoms with van der Waals surface area (Å²) in [6, 6.07) is 8.23. The number of carbonyl (C=O) groups is 1. The van der Waals surface area contributed by atoms with Gasteiger partial charge in [0.25, 0.3) is 0 Å². The Morgan fingerprint density at radius 3 is 2.79 bits per heavy atom. The highest BCUT2D eigenvalue weighted by atomic mass is 16.1. The summed E-state index contributed by atoms with van der Waals surface area (Å²) in [6.07, 6.45) is 8.68. The first-order valence-corrected chi connectivity index (χ1v) is 11.0. The zero-order chi connectivity index (χ0) is 19.9. The van der Waals surface area contributed by atoms with Gasteiger partial charge in [-0.15, -0.1) is 0 Å². The summed E-state index contributed by atoms with van der Waals surface area (Å²) in [5.74, 6) is 2.33. The number of carbonyl (C=O) groups excluding carboxylic acids is 1. The van der Waals surface area contributed by atoms with Crippen molar-refractivity contribution in [3.05, 3.63) is 29.8 Å². The van der Waals surface area contributed by atoms with Crippen LogP contribution >= 0.6 is 0 Å². The lowest BCUT2D eigenvalue weighted by atomic mass is 9.81. The number of nitrogens with one attached hydrogen (secondary N) is 1. The minimum Gasteiger partial charge on any atom is -0.340 e. The molecule has 5 heteroatoms. The van der Waals surface area contributed by atoms with E-state index in [0.717, 1.165) is 36.8 Å². The number of nitrogens with two attached hydrogens (primary N) is 1. The summed E-state index contributed by atoms with van der Waals surface area (Å²) in [4.78, 5) is 19.2. The first-order chi connectivity index (χ1) is 13.6. The van der Waals surface area contributed by atoms with Gasteiger partial charge in [-0.2, -0.15) is 0 Å². The van der Waals surface area contributed by atoms with E-state index in [9.17, 15) is 4.79 Å². The molecule has 2 fully saturated rings. The number of Topliss-reactive ketones (excluding diaryl/α,β-unsaturated/α-hetero) is 1. The van der Waals surface area contributed by atoms with Crippen molar-refractivity contribution in [2.75, 3.05) is 25.0 Å². The van der Waals surface area contributed by atoms with Crippen LogP contribution in [0.4, 0.5) is 5.69 Å². The SMILES string of the molecule is CC(=O)c1cccc(NC(=NCC2CCCC(CN)C2)N2CCCCC2C)c1. The van der Waals surface area contributed by atoms with Crippen LogP contribution in [0.25, 0.3) is 0 Å². The molecule has 3 N–H and O–H groups in total. The Morgan fingerprint density at radius 2 is 2.04 bits per heavy atom. The van der Waals surface area contributed by atoms with Crippen molar-refractivity contribution in [1.29, 1.82) is 0 Å². The third kappa shape index (κ3) is 5.57. The molecule has 0 radical (unpaired) electrons. The van der Waals surface area contributed by atoms with Gasteiger partial charge in [-0.1, -0.05) is 18.6 Å². The van der Waals surface area contributed by atoms with Gasteiger partial charge in [-0.25, -0.2) is 0 Å². The van der Waals surface area contributed by atoms with Gasteiger partial charge in [0, 0.05) is 30.4 Å². The van der Waals surface area contributed by atoms with Crippen LogP contribution in [0.15, 0.2) is 29.3 Å². The molecular weight excluding hydrogens is 348 g/mol. The number of likely N-dealkylation sites (tertiary alicyclic amines) is 1. The summed E-state index contributed by atoms with van der Waals surface area (Å²) in [5, 5.41) is 3.54. The Balaban J connectivity index is 1.76. The molecule has 28 heavy (non-hydrogen) atoms. The zero-order valence-corrected chi connectivity index (χ0v) is 17.5. The molecule has 1 aliphatic carbocycles. The minimum absolute atomic E-state index is 0.0866. The normalized spacial score (nSPS) is 26.2. The number of anilines is 1. The van der Waals surface area contributed by atoms with Crippen LogP contribution < -0.4 is 11.1 Å². The van der Waals surface area contributed by atoms with Gasteiger partial charge >= 0.3 is 0 Å². The van der Waals surface area contributed by atoms with Gasteiger partial charge in [0.15, 0.2) is 11.7 Å². The number of nitrogens with zero attached hydrogens (tertiary/aromatic N) is 2. The Labute approximate surface area is 169 Å². The largest absolute Gasteiger partial charge is 0.340 e.